The number of hydrogen-bond donors (Lipinski definition) is 2. The number of nitrogen functional groups attached to an aromatic ring is 1. The second-order valence-electron chi connectivity index (χ2n) is 6.65. The lowest BCUT2D eigenvalue weighted by Crippen LogP contribution is -2.19. The Labute approximate surface area is 191 Å². The number of hydrazone groups is 1. The van der Waals surface area contributed by atoms with Crippen LogP contribution in [0.5, 0.6) is 5.75 Å². The standard InChI is InChI=1S/C20H17N9O5/c1-2-33-15-6-4-3-5-13(15)11-22-24-20(30)16-17(12-7-9-14(10-8-12)29(31)32)28(27-23-16)19-18(21)25-34-26-19/h3-11H,2H2,1H3,(H2,21,25)(H,24,30)/b22-11+. The number of nitrogens with one attached hydrogen (secondary N) is 1. The normalized spacial score (nSPS) is 11.0. The van der Waals surface area contributed by atoms with Gasteiger partial charge in [0.2, 0.25) is 11.6 Å². The third-order valence-electron chi connectivity index (χ3n) is 4.52. The molecule has 0 unspecified atom stereocenters. The van der Waals surface area contributed by atoms with Gasteiger partial charge in [-0.05, 0) is 41.5 Å². The zero-order valence-corrected chi connectivity index (χ0v) is 17.7. The van der Waals surface area contributed by atoms with E-state index < -0.39 is 10.8 Å². The monoisotopic (exact) mass is 463 g/mol. The maximum Gasteiger partial charge on any atom is 0.294 e. The highest BCUT2D eigenvalue weighted by Gasteiger charge is 2.25. The summed E-state index contributed by atoms with van der Waals surface area (Å²) in [4.78, 5) is 23.4. The van der Waals surface area contributed by atoms with Gasteiger partial charge in [0.05, 0.1) is 17.7 Å². The number of hydrogen-bond acceptors (Lipinski definition) is 11. The zero-order chi connectivity index (χ0) is 24.1. The summed E-state index contributed by atoms with van der Waals surface area (Å²) in [7, 11) is 0. The average Bonchev–Trinajstić information content (AvgIpc) is 3.46. The molecule has 4 rings (SSSR count). The van der Waals surface area contributed by atoms with Gasteiger partial charge in [0.25, 0.3) is 11.6 Å². The summed E-state index contributed by atoms with van der Waals surface area (Å²) in [5.74, 6) is -0.186. The molecule has 0 aliphatic heterocycles. The maximum atomic E-state index is 12.9. The first kappa shape index (κ1) is 22.1. The molecule has 14 heteroatoms. The number of rotatable bonds is 8. The summed E-state index contributed by atoms with van der Waals surface area (Å²) in [6.07, 6.45) is 1.43. The van der Waals surface area contributed by atoms with Crippen molar-refractivity contribution in [2.75, 3.05) is 12.3 Å². The van der Waals surface area contributed by atoms with Crippen LogP contribution in [0.3, 0.4) is 0 Å². The van der Waals surface area contributed by atoms with Crippen molar-refractivity contribution in [1.82, 2.24) is 30.7 Å². The van der Waals surface area contributed by atoms with Crippen LogP contribution in [0.2, 0.25) is 0 Å². The minimum atomic E-state index is -0.695. The van der Waals surface area contributed by atoms with E-state index >= 15 is 0 Å². The molecule has 0 fully saturated rings. The molecule has 2 aromatic carbocycles. The van der Waals surface area contributed by atoms with Crippen molar-refractivity contribution in [3.63, 3.8) is 0 Å². The van der Waals surface area contributed by atoms with E-state index in [1.54, 1.807) is 18.2 Å². The van der Waals surface area contributed by atoms with E-state index in [-0.39, 0.29) is 28.7 Å². The number of amides is 1. The van der Waals surface area contributed by atoms with Crippen LogP contribution < -0.4 is 15.9 Å². The van der Waals surface area contributed by atoms with Gasteiger partial charge in [0.15, 0.2) is 5.69 Å². The van der Waals surface area contributed by atoms with Crippen molar-refractivity contribution in [3.05, 3.63) is 69.9 Å². The summed E-state index contributed by atoms with van der Waals surface area (Å²) >= 11 is 0. The molecule has 1 amide bonds. The minimum absolute atomic E-state index is 0.00551. The fourth-order valence-corrected chi connectivity index (χ4v) is 3.01. The number of nitrogens with two attached hydrogens (primary N) is 1. The Morgan fingerprint density at radius 2 is 2.03 bits per heavy atom. The van der Waals surface area contributed by atoms with Gasteiger partial charge >= 0.3 is 0 Å². The van der Waals surface area contributed by atoms with E-state index in [0.717, 1.165) is 4.68 Å². The minimum Gasteiger partial charge on any atom is -0.493 e. The van der Waals surface area contributed by atoms with Crippen LogP contribution in [0, 0.1) is 10.1 Å². The Bertz CT molecular complexity index is 1360. The third-order valence-corrected chi connectivity index (χ3v) is 4.52. The second kappa shape index (κ2) is 9.56. The highest BCUT2D eigenvalue weighted by Crippen LogP contribution is 2.28. The Hall–Kier alpha value is -5.14. The fraction of sp³-hybridized carbons (Fsp3) is 0.100. The number of carbonyl (C=O) groups is 1. The van der Waals surface area contributed by atoms with E-state index in [4.69, 9.17) is 10.5 Å². The lowest BCUT2D eigenvalue weighted by Gasteiger charge is -2.06. The molecule has 34 heavy (non-hydrogen) atoms. The van der Waals surface area contributed by atoms with Crippen LogP contribution in [-0.2, 0) is 0 Å². The molecular formula is C20H17N9O5. The summed E-state index contributed by atoms with van der Waals surface area (Å²) in [6.45, 7) is 2.33. The molecule has 0 atom stereocenters. The van der Waals surface area contributed by atoms with Gasteiger partial charge in [0.1, 0.15) is 11.4 Å². The molecule has 0 saturated heterocycles. The number of nitro benzene ring substituents is 1. The fourth-order valence-electron chi connectivity index (χ4n) is 3.01. The van der Waals surface area contributed by atoms with Gasteiger partial charge in [-0.1, -0.05) is 17.3 Å². The number of nitrogens with zero attached hydrogens (tertiary/aromatic N) is 7. The third kappa shape index (κ3) is 4.40. The van der Waals surface area contributed by atoms with Gasteiger partial charge in [-0.3, -0.25) is 14.9 Å². The molecule has 2 heterocycles. The maximum absolute atomic E-state index is 12.9. The number of anilines is 1. The lowest BCUT2D eigenvalue weighted by molar-refractivity contribution is -0.384. The van der Waals surface area contributed by atoms with Crippen molar-refractivity contribution in [2.24, 2.45) is 5.10 Å². The van der Waals surface area contributed by atoms with Crippen LogP contribution in [0.15, 0.2) is 58.3 Å². The number of nitro groups is 1. The van der Waals surface area contributed by atoms with E-state index in [9.17, 15) is 14.9 Å². The van der Waals surface area contributed by atoms with Crippen LogP contribution in [0.25, 0.3) is 17.1 Å². The predicted molar refractivity (Wildman–Crippen MR) is 118 cm³/mol. The van der Waals surface area contributed by atoms with Crippen molar-refractivity contribution in [3.8, 4) is 22.8 Å². The molecule has 0 bridgehead atoms. The quantitative estimate of drug-likeness (QED) is 0.222. The summed E-state index contributed by atoms with van der Waals surface area (Å²) in [5.41, 5.74) is 9.09. The van der Waals surface area contributed by atoms with Crippen LogP contribution in [-0.4, -0.2) is 49.0 Å². The van der Waals surface area contributed by atoms with Crippen LogP contribution in [0.1, 0.15) is 23.0 Å². The Morgan fingerprint density at radius 1 is 1.26 bits per heavy atom. The van der Waals surface area contributed by atoms with Crippen LogP contribution in [0.4, 0.5) is 11.5 Å². The van der Waals surface area contributed by atoms with Crippen molar-refractivity contribution < 1.29 is 19.1 Å². The van der Waals surface area contributed by atoms with Gasteiger partial charge in [-0.25, -0.2) is 10.1 Å². The number of non-ortho nitro benzene ring substituents is 1. The molecular weight excluding hydrogens is 446 g/mol. The number of aromatic nitrogens is 5. The Morgan fingerprint density at radius 3 is 2.71 bits per heavy atom. The lowest BCUT2D eigenvalue weighted by atomic mass is 10.1. The van der Waals surface area contributed by atoms with Gasteiger partial charge in [-0.2, -0.15) is 9.78 Å². The molecule has 0 saturated carbocycles. The first-order valence-corrected chi connectivity index (χ1v) is 9.83. The van der Waals surface area contributed by atoms with Gasteiger partial charge in [-0.15, -0.1) is 5.10 Å². The second-order valence-corrected chi connectivity index (χ2v) is 6.65. The van der Waals surface area contributed by atoms with Gasteiger partial charge < -0.3 is 10.5 Å². The molecule has 172 valence electrons. The smallest absolute Gasteiger partial charge is 0.294 e. The molecule has 3 N–H and O–H groups in total. The molecule has 0 radical (unpaired) electrons. The highest BCUT2D eigenvalue weighted by atomic mass is 16.6. The Balaban J connectivity index is 1.68. The van der Waals surface area contributed by atoms with Crippen molar-refractivity contribution in [1.29, 1.82) is 0 Å². The van der Waals surface area contributed by atoms with E-state index in [1.807, 2.05) is 13.0 Å². The molecule has 0 aliphatic rings. The van der Waals surface area contributed by atoms with E-state index in [2.05, 4.69) is 35.8 Å². The summed E-state index contributed by atoms with van der Waals surface area (Å²) in [6, 6.07) is 12.6. The van der Waals surface area contributed by atoms with E-state index in [0.29, 0.717) is 23.5 Å². The first-order valence-electron chi connectivity index (χ1n) is 9.83. The van der Waals surface area contributed by atoms with Crippen molar-refractivity contribution in [2.45, 2.75) is 6.92 Å². The summed E-state index contributed by atoms with van der Waals surface area (Å²) < 4.78 is 11.3. The Kier molecular flexibility index (Phi) is 6.20. The van der Waals surface area contributed by atoms with Crippen LogP contribution >= 0.6 is 0 Å². The molecule has 2 aromatic heterocycles. The van der Waals surface area contributed by atoms with E-state index in [1.165, 1.54) is 30.5 Å². The first-order chi connectivity index (χ1) is 16.5. The highest BCUT2D eigenvalue weighted by molar-refractivity contribution is 5.99. The molecule has 14 nitrogen and oxygen atoms in total. The number of carbonyl (C=O) groups excluding carboxylic acids is 1. The number of para-hydroxylation sites is 1. The topological polar surface area (TPSA) is 189 Å². The SMILES string of the molecule is CCOc1ccccc1/C=N/NC(=O)c1nnn(-c2nonc2N)c1-c1ccc([N+](=O)[O-])cc1. The summed E-state index contributed by atoms with van der Waals surface area (Å²) in [5, 5.41) is 30.0. The largest absolute Gasteiger partial charge is 0.493 e. The average molecular weight is 463 g/mol. The number of benzene rings is 2. The zero-order valence-electron chi connectivity index (χ0n) is 17.7. The molecule has 0 aliphatic carbocycles. The number of ether oxygens (including phenoxy) is 1. The molecule has 0 spiro atoms. The van der Waals surface area contributed by atoms with Gasteiger partial charge in [0, 0.05) is 23.3 Å². The molecule has 4 aromatic rings. The predicted octanol–water partition coefficient (Wildman–Crippen LogP) is 1.97. The van der Waals surface area contributed by atoms with Crippen molar-refractivity contribution >= 4 is 23.6 Å².